The summed E-state index contributed by atoms with van der Waals surface area (Å²) in [5.74, 6) is -1.77. The second-order valence-electron chi connectivity index (χ2n) is 10.4. The number of alkyl halides is 3. The van der Waals surface area contributed by atoms with Gasteiger partial charge in [-0.05, 0) is 89.9 Å². The fraction of sp³-hybridized carbons (Fsp3) is 0.333. The molecule has 2 unspecified atom stereocenters. The summed E-state index contributed by atoms with van der Waals surface area (Å²) in [6, 6.07) is 15.4. The van der Waals surface area contributed by atoms with Gasteiger partial charge in [0, 0.05) is 19.0 Å². The molecule has 1 N–H and O–H groups in total. The number of rotatable bonds is 6. The zero-order valence-corrected chi connectivity index (χ0v) is 23.1. The van der Waals surface area contributed by atoms with Crippen LogP contribution in [0.2, 0.25) is 0 Å². The summed E-state index contributed by atoms with van der Waals surface area (Å²) in [7, 11) is -4.11. The van der Waals surface area contributed by atoms with Crippen molar-refractivity contribution in [3.8, 4) is 6.07 Å². The molecule has 40 heavy (non-hydrogen) atoms. The molecule has 0 aromatic heterocycles. The van der Waals surface area contributed by atoms with Gasteiger partial charge in [0.2, 0.25) is 10.0 Å². The molecule has 0 amide bonds. The van der Waals surface area contributed by atoms with Gasteiger partial charge in [0.05, 0.1) is 28.5 Å². The van der Waals surface area contributed by atoms with Gasteiger partial charge < -0.3 is 5.11 Å². The number of fused-ring (bicyclic) bond motifs is 1. The number of benzene rings is 3. The first-order chi connectivity index (χ1) is 18.7. The molecule has 1 aliphatic heterocycles. The molecular formula is C30H29F3N2O4S. The Kier molecular flexibility index (Phi) is 8.11. The number of aryl methyl sites for hydroxylation is 2. The van der Waals surface area contributed by atoms with Crippen LogP contribution in [-0.4, -0.2) is 30.3 Å². The number of nitriles is 1. The Morgan fingerprint density at radius 3 is 2.45 bits per heavy atom. The van der Waals surface area contributed by atoms with E-state index >= 15 is 0 Å². The number of halogens is 3. The third-order valence-corrected chi connectivity index (χ3v) is 9.28. The van der Waals surface area contributed by atoms with E-state index in [0.717, 1.165) is 34.9 Å². The summed E-state index contributed by atoms with van der Waals surface area (Å²) < 4.78 is 68.6. The maximum absolute atomic E-state index is 13.7. The van der Waals surface area contributed by atoms with Crippen LogP contribution >= 0.6 is 0 Å². The summed E-state index contributed by atoms with van der Waals surface area (Å²) in [6.07, 6.45) is -4.60. The first kappa shape index (κ1) is 29.3. The lowest BCUT2D eigenvalue weighted by molar-refractivity contribution is -0.138. The maximum Gasteiger partial charge on any atom is 0.416 e. The van der Waals surface area contributed by atoms with E-state index in [1.165, 1.54) is 4.31 Å². The van der Waals surface area contributed by atoms with Crippen LogP contribution in [0.5, 0.6) is 0 Å². The van der Waals surface area contributed by atoms with Crippen LogP contribution in [0.1, 0.15) is 63.8 Å². The van der Waals surface area contributed by atoms with Gasteiger partial charge in [-0.2, -0.15) is 22.7 Å². The van der Waals surface area contributed by atoms with Gasteiger partial charge in [-0.25, -0.2) is 8.42 Å². The van der Waals surface area contributed by atoms with Gasteiger partial charge >= 0.3 is 12.1 Å². The second kappa shape index (κ2) is 11.1. The highest BCUT2D eigenvalue weighted by molar-refractivity contribution is 7.89. The van der Waals surface area contributed by atoms with E-state index in [4.69, 9.17) is 0 Å². The Balaban J connectivity index is 1.74. The van der Waals surface area contributed by atoms with Gasteiger partial charge in [0.1, 0.15) is 0 Å². The molecule has 1 aliphatic rings. The molecule has 2 atom stereocenters. The molecule has 6 nitrogen and oxygen atoms in total. The summed E-state index contributed by atoms with van der Waals surface area (Å²) in [6.45, 7) is 5.55. The molecule has 0 saturated heterocycles. The summed E-state index contributed by atoms with van der Waals surface area (Å²) in [4.78, 5) is 11.7. The number of carboxylic acid groups (broad SMARTS) is 1. The summed E-state index contributed by atoms with van der Waals surface area (Å²) >= 11 is 0. The lowest BCUT2D eigenvalue weighted by atomic mass is 9.84. The summed E-state index contributed by atoms with van der Waals surface area (Å²) in [5.41, 5.74) is 3.41. The van der Waals surface area contributed by atoms with Crippen molar-refractivity contribution >= 4 is 16.0 Å². The lowest BCUT2D eigenvalue weighted by Gasteiger charge is -2.25. The molecule has 0 bridgehead atoms. The largest absolute Gasteiger partial charge is 0.481 e. The molecule has 3 aromatic rings. The van der Waals surface area contributed by atoms with Crippen molar-refractivity contribution < 1.29 is 31.5 Å². The number of hydrogen-bond donors (Lipinski definition) is 1. The first-order valence-corrected chi connectivity index (χ1v) is 14.2. The van der Waals surface area contributed by atoms with Crippen LogP contribution in [0.15, 0.2) is 59.5 Å². The maximum atomic E-state index is 13.7. The predicted molar refractivity (Wildman–Crippen MR) is 143 cm³/mol. The van der Waals surface area contributed by atoms with Crippen molar-refractivity contribution in [3.05, 3.63) is 99.1 Å². The Morgan fingerprint density at radius 2 is 1.82 bits per heavy atom. The molecule has 4 rings (SSSR count). The number of aliphatic carboxylic acids is 1. The van der Waals surface area contributed by atoms with Crippen LogP contribution in [0, 0.1) is 31.1 Å². The Hall–Kier alpha value is -3.68. The van der Waals surface area contributed by atoms with Crippen molar-refractivity contribution in [2.75, 3.05) is 6.54 Å². The molecule has 0 radical (unpaired) electrons. The normalized spacial score (nSPS) is 17.9. The monoisotopic (exact) mass is 570 g/mol. The average Bonchev–Trinajstić information content (AvgIpc) is 2.96. The number of nitrogens with zero attached hydrogens (tertiary/aromatic N) is 2. The van der Waals surface area contributed by atoms with Crippen LogP contribution < -0.4 is 0 Å². The van der Waals surface area contributed by atoms with E-state index in [9.17, 15) is 36.8 Å². The Labute approximate surface area is 231 Å². The van der Waals surface area contributed by atoms with E-state index < -0.39 is 33.7 Å². The van der Waals surface area contributed by atoms with Crippen molar-refractivity contribution in [3.63, 3.8) is 0 Å². The average molecular weight is 571 g/mol. The van der Waals surface area contributed by atoms with Crippen molar-refractivity contribution in [1.82, 2.24) is 4.31 Å². The molecular weight excluding hydrogens is 541 g/mol. The molecule has 3 aromatic carbocycles. The van der Waals surface area contributed by atoms with Gasteiger partial charge in [0.15, 0.2) is 0 Å². The van der Waals surface area contributed by atoms with Crippen molar-refractivity contribution in [2.45, 2.75) is 57.1 Å². The fourth-order valence-electron chi connectivity index (χ4n) is 5.33. The van der Waals surface area contributed by atoms with E-state index in [-0.39, 0.29) is 42.3 Å². The minimum atomic E-state index is -4.58. The van der Waals surface area contributed by atoms with Crippen molar-refractivity contribution in [1.29, 1.82) is 5.26 Å². The second-order valence-corrected chi connectivity index (χ2v) is 12.4. The Bertz CT molecular complexity index is 1610. The molecule has 0 fully saturated rings. The van der Waals surface area contributed by atoms with E-state index in [1.54, 1.807) is 31.2 Å². The minimum Gasteiger partial charge on any atom is -0.481 e. The molecule has 10 heteroatoms. The number of carbonyl (C=O) groups is 1. The van der Waals surface area contributed by atoms with Crippen LogP contribution in [0.4, 0.5) is 13.2 Å². The highest BCUT2D eigenvalue weighted by atomic mass is 32.2. The molecule has 1 heterocycles. The quantitative estimate of drug-likeness (QED) is 0.382. The third-order valence-electron chi connectivity index (χ3n) is 7.36. The number of carboxylic acids is 1. The molecule has 0 saturated carbocycles. The van der Waals surface area contributed by atoms with E-state index in [0.29, 0.717) is 16.7 Å². The minimum absolute atomic E-state index is 0.0149. The number of sulfonamides is 1. The number of hydrogen-bond acceptors (Lipinski definition) is 4. The van der Waals surface area contributed by atoms with Gasteiger partial charge in [0.25, 0.3) is 0 Å². The summed E-state index contributed by atoms with van der Waals surface area (Å²) in [5, 5.41) is 18.9. The Morgan fingerprint density at radius 1 is 1.10 bits per heavy atom. The smallest absolute Gasteiger partial charge is 0.416 e. The lowest BCUT2D eigenvalue weighted by Crippen LogP contribution is -2.33. The fourth-order valence-corrected chi connectivity index (χ4v) is 7.08. The van der Waals surface area contributed by atoms with Crippen LogP contribution in [-0.2, 0) is 34.0 Å². The topological polar surface area (TPSA) is 98.5 Å². The zero-order valence-electron chi connectivity index (χ0n) is 22.3. The molecule has 0 spiro atoms. The predicted octanol–water partition coefficient (Wildman–Crippen LogP) is 6.18. The molecule has 210 valence electrons. The third kappa shape index (κ3) is 6.06. The van der Waals surface area contributed by atoms with Gasteiger partial charge in [-0.3, -0.25) is 4.79 Å². The van der Waals surface area contributed by atoms with Gasteiger partial charge in [-0.15, -0.1) is 0 Å². The first-order valence-electron chi connectivity index (χ1n) is 12.7. The highest BCUT2D eigenvalue weighted by Gasteiger charge is 2.36. The highest BCUT2D eigenvalue weighted by Crippen LogP contribution is 2.37. The SMILES string of the molecule is Cc1ccc(C(CC(=O)O)c2ccc(C#N)cc2C)cc1CN1CC(C)Cc2cc(C(F)(F)F)ccc2S1(=O)=O. The van der Waals surface area contributed by atoms with Crippen LogP contribution in [0.25, 0.3) is 0 Å². The van der Waals surface area contributed by atoms with Crippen LogP contribution in [0.3, 0.4) is 0 Å². The van der Waals surface area contributed by atoms with E-state index in [2.05, 4.69) is 6.07 Å². The van der Waals surface area contributed by atoms with Crippen molar-refractivity contribution in [2.24, 2.45) is 5.92 Å². The van der Waals surface area contributed by atoms with E-state index in [1.807, 2.05) is 26.0 Å². The zero-order chi connectivity index (χ0) is 29.4. The standard InChI is InChI=1S/C30H29F3N2O4S/c1-18-10-23-13-25(30(31,32)33)7-9-28(23)40(38,39)35(16-18)17-24-12-22(6-4-19(24)2)27(14-29(36)37)26-8-5-21(15-34)11-20(26)3/h4-9,11-13,18,27H,10,14,16-17H2,1-3H3,(H,36,37). The van der Waals surface area contributed by atoms with Gasteiger partial charge in [-0.1, -0.05) is 31.2 Å². The molecule has 0 aliphatic carbocycles.